The van der Waals surface area contributed by atoms with E-state index in [9.17, 15) is 35.2 Å². The van der Waals surface area contributed by atoms with Gasteiger partial charge in [0.15, 0.2) is 0 Å². The van der Waals surface area contributed by atoms with Crippen molar-refractivity contribution < 1.29 is 44.7 Å². The maximum atomic E-state index is 14.1. The Balaban J connectivity index is 1.99. The topological polar surface area (TPSA) is 127 Å². The van der Waals surface area contributed by atoms with Crippen molar-refractivity contribution in [1.29, 1.82) is 0 Å². The van der Waals surface area contributed by atoms with Crippen LogP contribution in [0.2, 0.25) is 0 Å². The summed E-state index contributed by atoms with van der Waals surface area (Å²) in [6.07, 6.45) is 0. The highest BCUT2D eigenvalue weighted by Gasteiger charge is 2.34. The number of halogens is 4. The van der Waals surface area contributed by atoms with E-state index in [2.05, 4.69) is 31.9 Å². The molecule has 0 aliphatic rings. The summed E-state index contributed by atoms with van der Waals surface area (Å²) in [6.45, 7) is 1.47. The predicted molar refractivity (Wildman–Crippen MR) is 174 cm³/mol. The predicted octanol–water partition coefficient (Wildman–Crippen LogP) is 6.16. The zero-order valence-electron chi connectivity index (χ0n) is 24.2. The lowest BCUT2D eigenvalue weighted by Crippen LogP contribution is -2.38. The largest absolute Gasteiger partial charge is 0.465 e. The minimum Gasteiger partial charge on any atom is -0.465 e. The molecular weight excluding hydrogens is 778 g/mol. The molecule has 0 saturated carbocycles. The number of nitrogens with zero attached hydrogens (tertiary/aromatic N) is 2. The van der Waals surface area contributed by atoms with Crippen molar-refractivity contribution >= 4 is 86.0 Å². The lowest BCUT2D eigenvalue weighted by Gasteiger charge is -2.29. The Morgan fingerprint density at radius 1 is 0.652 bits per heavy atom. The summed E-state index contributed by atoms with van der Waals surface area (Å²) < 4.78 is 95.4. The molecule has 0 spiro atoms. The van der Waals surface area contributed by atoms with Crippen LogP contribution in [0.5, 0.6) is 0 Å². The first-order chi connectivity index (χ1) is 21.7. The molecule has 4 rings (SSSR count). The van der Waals surface area contributed by atoms with E-state index in [1.807, 2.05) is 0 Å². The molecule has 4 aromatic rings. The van der Waals surface area contributed by atoms with Gasteiger partial charge >= 0.3 is 11.9 Å². The quantitative estimate of drug-likeness (QED) is 0.156. The molecule has 4 aromatic carbocycles. The number of hydrogen-bond acceptors (Lipinski definition) is 8. The molecule has 46 heavy (non-hydrogen) atoms. The Hall–Kier alpha value is -3.60. The summed E-state index contributed by atoms with van der Waals surface area (Å²) in [4.78, 5) is 24.7. The first-order valence-electron chi connectivity index (χ1n) is 13.5. The van der Waals surface area contributed by atoms with E-state index >= 15 is 0 Å². The molecule has 0 bridgehead atoms. The van der Waals surface area contributed by atoms with E-state index in [0.717, 1.165) is 45.0 Å². The Bertz CT molecular complexity index is 1880. The molecule has 10 nitrogen and oxygen atoms in total. The second-order valence-electron chi connectivity index (χ2n) is 9.43. The molecule has 0 atom stereocenters. The Labute approximate surface area is 281 Å². The first-order valence-corrected chi connectivity index (χ1v) is 18.0. The van der Waals surface area contributed by atoms with Crippen LogP contribution in [-0.4, -0.2) is 55.1 Å². The Kier molecular flexibility index (Phi) is 11.1. The van der Waals surface area contributed by atoms with Crippen molar-refractivity contribution in [3.8, 4) is 0 Å². The number of esters is 2. The number of sulfonamides is 2. The van der Waals surface area contributed by atoms with Crippen LogP contribution >= 0.6 is 31.9 Å². The van der Waals surface area contributed by atoms with Crippen molar-refractivity contribution in [1.82, 2.24) is 0 Å². The highest BCUT2D eigenvalue weighted by atomic mass is 79.9. The van der Waals surface area contributed by atoms with E-state index in [1.54, 1.807) is 26.0 Å². The maximum absolute atomic E-state index is 14.1. The van der Waals surface area contributed by atoms with Gasteiger partial charge in [-0.25, -0.2) is 25.6 Å². The third kappa shape index (κ3) is 7.35. The summed E-state index contributed by atoms with van der Waals surface area (Å²) in [6, 6.07) is 14.6. The number of ether oxygens (including phenoxy) is 2. The second-order valence-corrected chi connectivity index (χ2v) is 14.8. The lowest BCUT2D eigenvalue weighted by atomic mass is 10.1. The van der Waals surface area contributed by atoms with Crippen LogP contribution < -0.4 is 8.61 Å². The van der Waals surface area contributed by atoms with Crippen molar-refractivity contribution in [2.45, 2.75) is 23.6 Å². The second kappa shape index (κ2) is 14.4. The first kappa shape index (κ1) is 35.3. The average Bonchev–Trinajstić information content (AvgIpc) is 2.98. The van der Waals surface area contributed by atoms with E-state index < -0.39 is 56.7 Å². The van der Waals surface area contributed by atoms with Gasteiger partial charge in [-0.05, 0) is 94.2 Å². The molecule has 0 heterocycles. The fourth-order valence-electron chi connectivity index (χ4n) is 4.56. The monoisotopic (exact) mass is 802 g/mol. The molecule has 0 saturated heterocycles. The van der Waals surface area contributed by atoms with Crippen LogP contribution in [0.1, 0.15) is 13.8 Å². The van der Waals surface area contributed by atoms with Crippen LogP contribution in [0.15, 0.2) is 91.5 Å². The van der Waals surface area contributed by atoms with Gasteiger partial charge in [0.25, 0.3) is 20.0 Å². The van der Waals surface area contributed by atoms with Crippen LogP contribution in [0.25, 0.3) is 10.8 Å². The summed E-state index contributed by atoms with van der Waals surface area (Å²) in [5, 5.41) is 0.349. The minimum absolute atomic E-state index is 0.0354. The molecule has 0 unspecified atom stereocenters. The van der Waals surface area contributed by atoms with Gasteiger partial charge in [0.1, 0.15) is 34.5 Å². The van der Waals surface area contributed by atoms with Gasteiger partial charge in [0.2, 0.25) is 0 Å². The molecule has 0 radical (unpaired) electrons. The van der Waals surface area contributed by atoms with Gasteiger partial charge in [0, 0.05) is 19.7 Å². The zero-order valence-corrected chi connectivity index (χ0v) is 29.1. The number of carbonyl (C=O) groups is 2. The van der Waals surface area contributed by atoms with E-state index in [0.29, 0.717) is 0 Å². The summed E-state index contributed by atoms with van der Waals surface area (Å²) >= 11 is 6.17. The van der Waals surface area contributed by atoms with Gasteiger partial charge in [-0.2, -0.15) is 0 Å². The van der Waals surface area contributed by atoms with Gasteiger partial charge in [-0.1, -0.05) is 24.3 Å². The lowest BCUT2D eigenvalue weighted by molar-refractivity contribution is -0.142. The van der Waals surface area contributed by atoms with Crippen LogP contribution in [0.4, 0.5) is 20.2 Å². The Morgan fingerprint density at radius 2 is 1.02 bits per heavy atom. The van der Waals surface area contributed by atoms with Crippen molar-refractivity contribution in [2.24, 2.45) is 0 Å². The third-order valence-corrected chi connectivity index (χ3v) is 12.0. The van der Waals surface area contributed by atoms with Crippen LogP contribution in [0, 0.1) is 11.6 Å². The molecular formula is C30H26Br2F2N2O8S2. The molecule has 0 amide bonds. The van der Waals surface area contributed by atoms with E-state index in [1.165, 1.54) is 24.3 Å². The zero-order chi connectivity index (χ0) is 33.8. The number of rotatable bonds is 12. The SMILES string of the molecule is CCOC(=O)CN(c1ccc(N(CC(=O)OCC)S(=O)(=O)c2ccc(F)cc2Br)c2ccccc12)S(=O)(=O)c1ccc(F)cc1Br. The molecule has 0 aliphatic heterocycles. The molecule has 16 heteroatoms. The molecule has 0 N–H and O–H groups in total. The van der Waals surface area contributed by atoms with E-state index in [-0.39, 0.29) is 54.1 Å². The van der Waals surface area contributed by atoms with Crippen LogP contribution in [0.3, 0.4) is 0 Å². The fourth-order valence-corrected chi connectivity index (χ4v) is 9.44. The number of fused-ring (bicyclic) bond motifs is 1. The Morgan fingerprint density at radius 3 is 1.35 bits per heavy atom. The normalized spacial score (nSPS) is 11.7. The third-order valence-electron chi connectivity index (χ3n) is 6.50. The number of hydrogen-bond donors (Lipinski definition) is 0. The number of benzene rings is 4. The summed E-state index contributed by atoms with van der Waals surface area (Å²) in [7, 11) is -9.15. The average molecular weight is 804 g/mol. The van der Waals surface area contributed by atoms with Gasteiger partial charge in [-0.15, -0.1) is 0 Å². The van der Waals surface area contributed by atoms with Gasteiger partial charge in [0.05, 0.1) is 24.6 Å². The maximum Gasteiger partial charge on any atom is 0.326 e. The highest BCUT2D eigenvalue weighted by molar-refractivity contribution is 9.10. The summed E-state index contributed by atoms with van der Waals surface area (Å²) in [5.41, 5.74) is -0.0832. The van der Waals surface area contributed by atoms with E-state index in [4.69, 9.17) is 9.47 Å². The summed E-state index contributed by atoms with van der Waals surface area (Å²) in [5.74, 6) is -3.17. The van der Waals surface area contributed by atoms with Crippen molar-refractivity contribution in [3.05, 3.63) is 93.4 Å². The highest BCUT2D eigenvalue weighted by Crippen LogP contribution is 2.40. The molecule has 0 aromatic heterocycles. The smallest absolute Gasteiger partial charge is 0.326 e. The number of anilines is 2. The molecule has 0 fully saturated rings. The van der Waals surface area contributed by atoms with Gasteiger partial charge in [-0.3, -0.25) is 18.2 Å². The van der Waals surface area contributed by atoms with Crippen molar-refractivity contribution in [2.75, 3.05) is 34.9 Å². The van der Waals surface area contributed by atoms with Gasteiger partial charge < -0.3 is 9.47 Å². The molecule has 244 valence electrons. The van der Waals surface area contributed by atoms with Crippen molar-refractivity contribution in [3.63, 3.8) is 0 Å². The standard InChI is InChI=1S/C30H26Br2F2N2O8S2/c1-3-43-29(37)17-35(45(39,40)27-13-9-19(33)15-23(27)31)25-11-12-26(22-8-6-5-7-21(22)25)36(18-30(38)44-4-2)46(41,42)28-14-10-20(34)16-24(28)32/h5-16H,3-4,17-18H2,1-2H3. The minimum atomic E-state index is -4.58. The van der Waals surface area contributed by atoms with Crippen LogP contribution in [-0.2, 0) is 39.1 Å². The number of carbonyl (C=O) groups excluding carboxylic acids is 2. The molecule has 0 aliphatic carbocycles. The fraction of sp³-hybridized carbons (Fsp3) is 0.200.